The van der Waals surface area contributed by atoms with Crippen molar-refractivity contribution in [2.75, 3.05) is 44.4 Å². The molecule has 1 heterocycles. The first-order valence-electron chi connectivity index (χ1n) is 12.4. The van der Waals surface area contributed by atoms with Crippen LogP contribution in [-0.4, -0.2) is 51.3 Å². The van der Waals surface area contributed by atoms with E-state index in [1.54, 1.807) is 6.08 Å². The smallest absolute Gasteiger partial charge is 0.306 e. The lowest BCUT2D eigenvalue weighted by atomic mass is 10.0. The first-order chi connectivity index (χ1) is 17.0. The van der Waals surface area contributed by atoms with Crippen molar-refractivity contribution < 1.29 is 19.1 Å². The predicted molar refractivity (Wildman–Crippen MR) is 138 cm³/mol. The Morgan fingerprint density at radius 3 is 2.54 bits per heavy atom. The third-order valence-corrected chi connectivity index (χ3v) is 5.84. The Kier molecular flexibility index (Phi) is 10.1. The summed E-state index contributed by atoms with van der Waals surface area (Å²) in [7, 11) is 0. The molecular weight excluding hydrogens is 442 g/mol. The number of fused-ring (bicyclic) bond motifs is 1. The van der Waals surface area contributed by atoms with Crippen LogP contribution in [0.15, 0.2) is 42.0 Å². The first-order valence-corrected chi connectivity index (χ1v) is 12.4. The lowest BCUT2D eigenvalue weighted by Gasteiger charge is -2.29. The monoisotopic (exact) mass is 477 g/mol. The van der Waals surface area contributed by atoms with Gasteiger partial charge in [-0.05, 0) is 65.8 Å². The number of amides is 1. The Morgan fingerprint density at radius 1 is 1.06 bits per heavy atom. The zero-order valence-corrected chi connectivity index (χ0v) is 20.7. The maximum Gasteiger partial charge on any atom is 0.306 e. The molecule has 7 nitrogen and oxygen atoms in total. The number of rotatable bonds is 11. The molecule has 0 spiro atoms. The number of carbonyl (C=O) groups is 2. The topological polar surface area (TPSA) is 91.7 Å². The molecule has 0 unspecified atom stereocenters. The molecule has 0 bridgehead atoms. The molecule has 0 atom stereocenters. The summed E-state index contributed by atoms with van der Waals surface area (Å²) in [6.45, 7) is 7.08. The van der Waals surface area contributed by atoms with Crippen LogP contribution >= 0.6 is 0 Å². The molecule has 1 aliphatic heterocycles. The van der Waals surface area contributed by atoms with Crippen LogP contribution in [0.3, 0.4) is 0 Å². The molecule has 0 aromatic heterocycles. The van der Waals surface area contributed by atoms with Gasteiger partial charge in [-0.3, -0.25) is 9.59 Å². The summed E-state index contributed by atoms with van der Waals surface area (Å²) in [4.78, 5) is 26.3. The molecule has 186 valence electrons. The summed E-state index contributed by atoms with van der Waals surface area (Å²) in [5, 5.41) is 14.4. The second-order valence-electron chi connectivity index (χ2n) is 9.20. The highest BCUT2D eigenvalue weighted by molar-refractivity contribution is 6.02. The predicted octanol–water partition coefficient (Wildman–Crippen LogP) is 4.46. The number of nitrogens with one attached hydrogen (secondary N) is 1. The van der Waals surface area contributed by atoms with E-state index in [2.05, 4.69) is 28.4 Å². The van der Waals surface area contributed by atoms with Gasteiger partial charge in [0.05, 0.1) is 13.2 Å². The number of nitriles is 1. The Balaban J connectivity index is 1.48. The highest BCUT2D eigenvalue weighted by Crippen LogP contribution is 2.26. The average Bonchev–Trinajstić information content (AvgIpc) is 2.86. The average molecular weight is 478 g/mol. The van der Waals surface area contributed by atoms with E-state index in [0.717, 1.165) is 29.4 Å². The minimum atomic E-state index is -0.444. The van der Waals surface area contributed by atoms with Crippen LogP contribution in [0, 0.1) is 17.2 Å². The van der Waals surface area contributed by atoms with Gasteiger partial charge < -0.3 is 19.7 Å². The van der Waals surface area contributed by atoms with Gasteiger partial charge in [-0.25, -0.2) is 0 Å². The van der Waals surface area contributed by atoms with Gasteiger partial charge in [0, 0.05) is 31.7 Å². The van der Waals surface area contributed by atoms with Gasteiger partial charge in [0.25, 0.3) is 5.91 Å². The summed E-state index contributed by atoms with van der Waals surface area (Å²) < 4.78 is 10.4. The fourth-order valence-electron chi connectivity index (χ4n) is 4.05. The van der Waals surface area contributed by atoms with Gasteiger partial charge in [0.1, 0.15) is 18.2 Å². The van der Waals surface area contributed by atoms with Crippen LogP contribution in [0.25, 0.3) is 16.8 Å². The van der Waals surface area contributed by atoms with Gasteiger partial charge >= 0.3 is 5.97 Å². The fraction of sp³-hybridized carbons (Fsp3) is 0.464. The molecule has 2 aromatic carbocycles. The van der Waals surface area contributed by atoms with Crippen LogP contribution in [0.2, 0.25) is 0 Å². The molecule has 1 N–H and O–H groups in total. The van der Waals surface area contributed by atoms with Crippen molar-refractivity contribution in [1.82, 2.24) is 5.32 Å². The van der Waals surface area contributed by atoms with Gasteiger partial charge in [0.15, 0.2) is 0 Å². The van der Waals surface area contributed by atoms with Crippen molar-refractivity contribution in [2.24, 2.45) is 5.92 Å². The fourth-order valence-corrected chi connectivity index (χ4v) is 4.05. The second kappa shape index (κ2) is 13.5. The molecule has 1 aliphatic rings. The van der Waals surface area contributed by atoms with E-state index in [1.165, 1.54) is 24.9 Å². The van der Waals surface area contributed by atoms with Crippen molar-refractivity contribution in [3.05, 3.63) is 47.5 Å². The lowest BCUT2D eigenvalue weighted by molar-refractivity contribution is -0.146. The van der Waals surface area contributed by atoms with E-state index < -0.39 is 5.91 Å². The molecule has 7 heteroatoms. The first kappa shape index (κ1) is 26.2. The van der Waals surface area contributed by atoms with Crippen molar-refractivity contribution in [2.45, 2.75) is 39.5 Å². The molecule has 3 rings (SSSR count). The molecular formula is C28H35N3O4. The quantitative estimate of drug-likeness (QED) is 0.222. The largest absolute Gasteiger partial charge is 0.463 e. The van der Waals surface area contributed by atoms with Crippen LogP contribution in [0.4, 0.5) is 5.69 Å². The van der Waals surface area contributed by atoms with Gasteiger partial charge in [0.2, 0.25) is 0 Å². The van der Waals surface area contributed by atoms with Crippen LogP contribution in [0.1, 0.15) is 45.1 Å². The number of anilines is 1. The highest BCUT2D eigenvalue weighted by Gasteiger charge is 2.12. The standard InChI is InChI=1S/C28H35N3O4/c1-21(2)16-27(32)35-15-14-34-13-10-30-28(33)25(20-29)18-22-6-7-24-19-26(9-8-23(24)17-22)31-11-4-3-5-12-31/h6-9,17-19,21H,3-5,10-16H2,1-2H3,(H,30,33)/b25-18+. The Hall–Kier alpha value is -3.37. The van der Waals surface area contributed by atoms with Crippen LogP contribution < -0.4 is 10.2 Å². The molecule has 0 aliphatic carbocycles. The third kappa shape index (κ3) is 8.41. The number of ether oxygens (including phenoxy) is 2. The number of hydrogen-bond donors (Lipinski definition) is 1. The molecule has 1 saturated heterocycles. The maximum absolute atomic E-state index is 12.4. The number of piperidine rings is 1. The van der Waals surface area contributed by atoms with Crippen LogP contribution in [-0.2, 0) is 19.1 Å². The van der Waals surface area contributed by atoms with E-state index in [-0.39, 0.29) is 43.8 Å². The zero-order valence-electron chi connectivity index (χ0n) is 20.7. The van der Waals surface area contributed by atoms with Crippen molar-refractivity contribution in [3.63, 3.8) is 0 Å². The van der Waals surface area contributed by atoms with E-state index >= 15 is 0 Å². The lowest BCUT2D eigenvalue weighted by Crippen LogP contribution is -2.29. The zero-order chi connectivity index (χ0) is 25.0. The Labute approximate surface area is 207 Å². The molecule has 0 radical (unpaired) electrons. The van der Waals surface area contributed by atoms with E-state index in [1.807, 2.05) is 38.1 Å². The summed E-state index contributed by atoms with van der Waals surface area (Å²) >= 11 is 0. The molecule has 1 amide bonds. The molecule has 1 fully saturated rings. The normalized spacial score (nSPS) is 14.1. The maximum atomic E-state index is 12.4. The van der Waals surface area contributed by atoms with Crippen LogP contribution in [0.5, 0.6) is 0 Å². The van der Waals surface area contributed by atoms with Crippen molar-refractivity contribution >= 4 is 34.4 Å². The molecule has 0 saturated carbocycles. The summed E-state index contributed by atoms with van der Waals surface area (Å²) in [5.41, 5.74) is 2.08. The minimum absolute atomic E-state index is 0.0388. The van der Waals surface area contributed by atoms with Gasteiger partial charge in [-0.1, -0.05) is 32.0 Å². The number of esters is 1. The number of benzene rings is 2. The third-order valence-electron chi connectivity index (χ3n) is 5.84. The SMILES string of the molecule is CC(C)CC(=O)OCCOCCNC(=O)/C(C#N)=C/c1ccc2cc(N3CCCCC3)ccc2c1. The Bertz CT molecular complexity index is 1080. The van der Waals surface area contributed by atoms with Crippen molar-refractivity contribution in [3.8, 4) is 6.07 Å². The molecule has 35 heavy (non-hydrogen) atoms. The van der Waals surface area contributed by atoms with E-state index in [4.69, 9.17) is 9.47 Å². The second-order valence-corrected chi connectivity index (χ2v) is 9.20. The van der Waals surface area contributed by atoms with Gasteiger partial charge in [-0.15, -0.1) is 0 Å². The highest BCUT2D eigenvalue weighted by atomic mass is 16.6. The van der Waals surface area contributed by atoms with Crippen molar-refractivity contribution in [1.29, 1.82) is 5.26 Å². The number of hydrogen-bond acceptors (Lipinski definition) is 6. The summed E-state index contributed by atoms with van der Waals surface area (Å²) in [6, 6.07) is 14.4. The van der Waals surface area contributed by atoms with Gasteiger partial charge in [-0.2, -0.15) is 5.26 Å². The number of carbonyl (C=O) groups excluding carboxylic acids is 2. The minimum Gasteiger partial charge on any atom is -0.463 e. The Morgan fingerprint density at radius 2 is 1.80 bits per heavy atom. The summed E-state index contributed by atoms with van der Waals surface area (Å²) in [6.07, 6.45) is 5.76. The van der Waals surface area contributed by atoms with E-state index in [9.17, 15) is 14.9 Å². The number of nitrogens with zero attached hydrogens (tertiary/aromatic N) is 2. The van der Waals surface area contributed by atoms with E-state index in [0.29, 0.717) is 6.42 Å². The molecule has 2 aromatic rings. The summed E-state index contributed by atoms with van der Waals surface area (Å²) in [5.74, 6) is -0.426.